The van der Waals surface area contributed by atoms with Crippen molar-refractivity contribution in [3.63, 3.8) is 0 Å². The Kier molecular flexibility index (Phi) is 7.15. The lowest BCUT2D eigenvalue weighted by Gasteiger charge is -2.30. The van der Waals surface area contributed by atoms with Crippen LogP contribution < -0.4 is 5.19 Å². The predicted octanol–water partition coefficient (Wildman–Crippen LogP) is 12.6. The zero-order chi connectivity index (χ0) is 35.7. The molecule has 10 rings (SSSR count). The maximum Gasteiger partial charge on any atom is 0.0775 e. The third kappa shape index (κ3) is 4.94. The molecule has 7 aromatic carbocycles. The Morgan fingerprint density at radius 3 is 1.43 bits per heavy atom. The van der Waals surface area contributed by atoms with Crippen LogP contribution in [0.3, 0.4) is 0 Å². The Bertz CT molecular complexity index is 2650. The van der Waals surface area contributed by atoms with Gasteiger partial charge in [-0.25, -0.2) is 4.98 Å². The molecule has 0 radical (unpaired) electrons. The smallest absolute Gasteiger partial charge is 0.0775 e. The normalized spacial score (nSPS) is 13.3. The van der Waals surface area contributed by atoms with Gasteiger partial charge in [0.2, 0.25) is 0 Å². The van der Waals surface area contributed by atoms with E-state index < -0.39 is 8.07 Å². The molecule has 1 heterocycles. The van der Waals surface area contributed by atoms with Gasteiger partial charge < -0.3 is 0 Å². The second kappa shape index (κ2) is 12.0. The fraction of sp³-hybridized carbons (Fsp3) is 0.0784. The van der Waals surface area contributed by atoms with Gasteiger partial charge in [0.15, 0.2) is 0 Å². The van der Waals surface area contributed by atoms with Crippen LogP contribution in [-0.4, -0.2) is 13.1 Å². The third-order valence-electron chi connectivity index (χ3n) is 11.5. The summed E-state index contributed by atoms with van der Waals surface area (Å²) in [6.45, 7) is 7.20. The number of hydrogen-bond acceptors (Lipinski definition) is 1. The van der Waals surface area contributed by atoms with Crippen LogP contribution >= 0.6 is 0 Å². The van der Waals surface area contributed by atoms with E-state index in [9.17, 15) is 0 Å². The van der Waals surface area contributed by atoms with E-state index >= 15 is 0 Å². The van der Waals surface area contributed by atoms with Crippen molar-refractivity contribution in [3.8, 4) is 67.0 Å². The highest BCUT2D eigenvalue weighted by atomic mass is 28.3. The summed E-state index contributed by atoms with van der Waals surface area (Å²) in [4.78, 5) is 5.28. The van der Waals surface area contributed by atoms with E-state index in [4.69, 9.17) is 4.98 Å². The van der Waals surface area contributed by atoms with Gasteiger partial charge in [-0.1, -0.05) is 183 Å². The zero-order valence-electron chi connectivity index (χ0n) is 30.3. The van der Waals surface area contributed by atoms with Gasteiger partial charge in [0.25, 0.3) is 0 Å². The van der Waals surface area contributed by atoms with E-state index in [-0.39, 0.29) is 5.41 Å². The minimum absolute atomic E-state index is 0.328. The lowest BCUT2D eigenvalue weighted by atomic mass is 9.70. The molecule has 53 heavy (non-hydrogen) atoms. The molecule has 0 amide bonds. The molecule has 0 unspecified atom stereocenters. The summed E-state index contributed by atoms with van der Waals surface area (Å²) < 4.78 is 0. The van der Waals surface area contributed by atoms with Crippen LogP contribution in [0.2, 0.25) is 19.6 Å². The molecule has 2 aliphatic rings. The van der Waals surface area contributed by atoms with E-state index in [1.165, 1.54) is 71.9 Å². The van der Waals surface area contributed by atoms with Crippen molar-refractivity contribution in [3.05, 3.63) is 204 Å². The third-order valence-corrected chi connectivity index (χ3v) is 13.5. The Morgan fingerprint density at radius 1 is 0.340 bits per heavy atom. The molecule has 0 atom stereocenters. The quantitative estimate of drug-likeness (QED) is 0.164. The number of fused-ring (bicyclic) bond motifs is 10. The first kappa shape index (κ1) is 31.6. The Labute approximate surface area is 313 Å². The predicted molar refractivity (Wildman–Crippen MR) is 225 cm³/mol. The molecule has 0 saturated heterocycles. The number of hydrogen-bond donors (Lipinski definition) is 0. The van der Waals surface area contributed by atoms with Crippen LogP contribution in [0.5, 0.6) is 0 Å². The molecule has 0 saturated carbocycles. The number of nitrogens with zero attached hydrogens (tertiary/aromatic N) is 1. The molecule has 1 aromatic heterocycles. The molecule has 1 nitrogen and oxygen atoms in total. The summed E-state index contributed by atoms with van der Waals surface area (Å²) in [5.74, 6) is 0. The minimum atomic E-state index is -1.40. The van der Waals surface area contributed by atoms with Crippen LogP contribution in [0.1, 0.15) is 22.3 Å². The van der Waals surface area contributed by atoms with Crippen molar-refractivity contribution in [2.24, 2.45) is 0 Å². The summed E-state index contributed by atoms with van der Waals surface area (Å²) in [5, 5.41) is 1.47. The van der Waals surface area contributed by atoms with Crippen molar-refractivity contribution in [1.29, 1.82) is 0 Å². The van der Waals surface area contributed by atoms with Crippen LogP contribution in [0.15, 0.2) is 182 Å². The maximum atomic E-state index is 5.28. The lowest BCUT2D eigenvalue weighted by Crippen LogP contribution is -2.37. The molecule has 252 valence electrons. The maximum absolute atomic E-state index is 5.28. The van der Waals surface area contributed by atoms with Gasteiger partial charge in [-0.15, -0.1) is 0 Å². The monoisotopic (exact) mass is 693 g/mol. The summed E-state index contributed by atoms with van der Waals surface area (Å²) in [5.41, 5.74) is 19.4. The fourth-order valence-corrected chi connectivity index (χ4v) is 10.1. The zero-order valence-corrected chi connectivity index (χ0v) is 31.3. The van der Waals surface area contributed by atoms with Crippen molar-refractivity contribution in [1.82, 2.24) is 4.98 Å². The molecule has 0 N–H and O–H groups in total. The standard InChI is InChI=1S/C51H39NSi/c1-53(2,3)40-27-24-34(25-28-40)39-32-49(35-14-5-4-6-15-35)52-50(33-39)38-17-13-16-36(30-38)37-26-29-48-44(31-37)43-20-9-12-23-47(43)51(48)45-21-10-7-18-41(45)42-19-8-11-22-46(42)51/h4-33H,1-3H3. The van der Waals surface area contributed by atoms with E-state index in [0.29, 0.717) is 0 Å². The molecule has 0 fully saturated rings. The van der Waals surface area contributed by atoms with E-state index in [0.717, 1.165) is 22.5 Å². The van der Waals surface area contributed by atoms with Crippen molar-refractivity contribution in [2.45, 2.75) is 25.1 Å². The van der Waals surface area contributed by atoms with E-state index in [1.54, 1.807) is 0 Å². The number of rotatable bonds is 5. The second-order valence-electron chi connectivity index (χ2n) is 15.5. The van der Waals surface area contributed by atoms with Crippen molar-refractivity contribution in [2.75, 3.05) is 0 Å². The first-order valence-electron chi connectivity index (χ1n) is 18.6. The highest BCUT2D eigenvalue weighted by molar-refractivity contribution is 6.88. The Balaban J connectivity index is 1.11. The lowest BCUT2D eigenvalue weighted by molar-refractivity contribution is 0.794. The highest BCUT2D eigenvalue weighted by Gasteiger charge is 2.51. The van der Waals surface area contributed by atoms with Crippen LogP contribution in [0, 0.1) is 0 Å². The topological polar surface area (TPSA) is 12.9 Å². The van der Waals surface area contributed by atoms with Crippen LogP contribution in [0.25, 0.3) is 67.0 Å². The van der Waals surface area contributed by atoms with Crippen LogP contribution in [0.4, 0.5) is 0 Å². The summed E-state index contributed by atoms with van der Waals surface area (Å²) in [6, 6.07) is 67.3. The molecule has 1 spiro atoms. The first-order chi connectivity index (χ1) is 25.9. The summed E-state index contributed by atoms with van der Waals surface area (Å²) in [6.07, 6.45) is 0. The second-order valence-corrected chi connectivity index (χ2v) is 20.6. The van der Waals surface area contributed by atoms with Gasteiger partial charge in [-0.3, -0.25) is 0 Å². The molecule has 8 aromatic rings. The molecule has 2 aliphatic carbocycles. The summed E-state index contributed by atoms with van der Waals surface area (Å²) >= 11 is 0. The molecular formula is C51H39NSi. The molecule has 2 heteroatoms. The highest BCUT2D eigenvalue weighted by Crippen LogP contribution is 2.62. The van der Waals surface area contributed by atoms with Gasteiger partial charge >= 0.3 is 0 Å². The van der Waals surface area contributed by atoms with Gasteiger partial charge in [-0.05, 0) is 91.0 Å². The molecule has 0 bridgehead atoms. The van der Waals surface area contributed by atoms with Gasteiger partial charge in [-0.2, -0.15) is 0 Å². The van der Waals surface area contributed by atoms with Crippen molar-refractivity contribution < 1.29 is 0 Å². The van der Waals surface area contributed by atoms with Gasteiger partial charge in [0, 0.05) is 11.1 Å². The average Bonchev–Trinajstić information content (AvgIpc) is 3.68. The number of benzene rings is 7. The fourth-order valence-electron chi connectivity index (χ4n) is 8.90. The van der Waals surface area contributed by atoms with Crippen LogP contribution in [-0.2, 0) is 5.41 Å². The Morgan fingerprint density at radius 2 is 0.811 bits per heavy atom. The van der Waals surface area contributed by atoms with Gasteiger partial charge in [0.05, 0.1) is 24.9 Å². The minimum Gasteiger partial charge on any atom is -0.248 e. The van der Waals surface area contributed by atoms with Crippen molar-refractivity contribution >= 4 is 13.3 Å². The summed E-state index contributed by atoms with van der Waals surface area (Å²) in [7, 11) is -1.40. The number of pyridine rings is 1. The largest absolute Gasteiger partial charge is 0.248 e. The number of aromatic nitrogens is 1. The SMILES string of the molecule is C[Si](C)(C)c1ccc(-c2cc(-c3ccccc3)nc(-c3cccc(-c4ccc5c(c4)-c4ccccc4C54c5ccccc5-c5ccccc54)c3)c2)cc1. The van der Waals surface area contributed by atoms with Gasteiger partial charge in [0.1, 0.15) is 0 Å². The Hall–Kier alpha value is -6.09. The van der Waals surface area contributed by atoms with E-state index in [2.05, 4.69) is 202 Å². The molecular weight excluding hydrogens is 655 g/mol. The average molecular weight is 694 g/mol. The van der Waals surface area contributed by atoms with E-state index in [1.807, 2.05) is 0 Å². The molecule has 0 aliphatic heterocycles. The first-order valence-corrected chi connectivity index (χ1v) is 22.1.